The highest BCUT2D eigenvalue weighted by Gasteiger charge is 2.49. The molecule has 1 aromatic carbocycles. The fourth-order valence-electron chi connectivity index (χ4n) is 2.09. The molecule has 0 amide bonds. The summed E-state index contributed by atoms with van der Waals surface area (Å²) in [6, 6.07) is 5.03. The van der Waals surface area contributed by atoms with Crippen LogP contribution in [0.25, 0.3) is 0 Å². The summed E-state index contributed by atoms with van der Waals surface area (Å²) in [5, 5.41) is 9.65. The molecule has 114 valence electrons. The van der Waals surface area contributed by atoms with Crippen LogP contribution in [0.4, 0.5) is 4.39 Å². The van der Waals surface area contributed by atoms with Crippen molar-refractivity contribution in [3.8, 4) is 0 Å². The third-order valence-corrected chi connectivity index (χ3v) is 3.32. The minimum absolute atomic E-state index is 0.0434. The van der Waals surface area contributed by atoms with E-state index in [-0.39, 0.29) is 18.6 Å². The fraction of sp³-hybridized carbons (Fsp3) is 0.375. The number of carbonyl (C=O) groups is 2. The van der Waals surface area contributed by atoms with Crippen LogP contribution in [0.2, 0.25) is 0 Å². The first-order valence-electron chi connectivity index (χ1n) is 6.71. The quantitative estimate of drug-likeness (QED) is 0.477. The van der Waals surface area contributed by atoms with Crippen molar-refractivity contribution in [3.05, 3.63) is 47.8 Å². The molecule has 5 heteroatoms. The van der Waals surface area contributed by atoms with E-state index in [2.05, 4.69) is 6.58 Å². The normalized spacial score (nSPS) is 13.3. The maximum Gasteiger partial charge on any atom is 0.328 e. The van der Waals surface area contributed by atoms with Crippen LogP contribution < -0.4 is 0 Å². The van der Waals surface area contributed by atoms with Gasteiger partial charge in [-0.1, -0.05) is 31.2 Å². The lowest BCUT2D eigenvalue weighted by molar-refractivity contribution is -0.161. The Hall–Kier alpha value is -2.17. The summed E-state index contributed by atoms with van der Waals surface area (Å²) in [4.78, 5) is 24.1. The largest absolute Gasteiger partial charge is 0.480 e. The molecule has 0 aromatic heterocycles. The zero-order chi connectivity index (χ0) is 16.0. The van der Waals surface area contributed by atoms with Crippen LogP contribution in [0.1, 0.15) is 32.3 Å². The van der Waals surface area contributed by atoms with Gasteiger partial charge in [0.1, 0.15) is 5.82 Å². The summed E-state index contributed by atoms with van der Waals surface area (Å²) in [6.45, 7) is 7.21. The average molecular weight is 294 g/mol. The number of carboxylic acid groups (broad SMARTS) is 1. The van der Waals surface area contributed by atoms with Gasteiger partial charge in [0.2, 0.25) is 0 Å². The molecule has 0 bridgehead atoms. The van der Waals surface area contributed by atoms with E-state index < -0.39 is 23.2 Å². The second-order valence-electron chi connectivity index (χ2n) is 4.72. The molecule has 0 saturated heterocycles. The molecule has 0 fully saturated rings. The summed E-state index contributed by atoms with van der Waals surface area (Å²) in [6.07, 6.45) is 0.394. The van der Waals surface area contributed by atoms with Gasteiger partial charge in [-0.15, -0.1) is 0 Å². The van der Waals surface area contributed by atoms with Gasteiger partial charge in [-0.2, -0.15) is 0 Å². The average Bonchev–Trinajstić information content (AvgIpc) is 2.44. The number of hydrogen-bond donors (Lipinski definition) is 1. The van der Waals surface area contributed by atoms with Crippen LogP contribution >= 0.6 is 0 Å². The lowest BCUT2D eigenvalue weighted by Gasteiger charge is -2.28. The van der Waals surface area contributed by atoms with Crippen molar-refractivity contribution in [2.24, 2.45) is 0 Å². The molecule has 1 N–H and O–H groups in total. The minimum atomic E-state index is -1.97. The minimum Gasteiger partial charge on any atom is -0.480 e. The number of halogens is 1. The van der Waals surface area contributed by atoms with E-state index in [1.165, 1.54) is 18.2 Å². The zero-order valence-electron chi connectivity index (χ0n) is 12.2. The van der Waals surface area contributed by atoms with Crippen molar-refractivity contribution >= 4 is 11.9 Å². The molecular formula is C16H19FO4. The smallest absolute Gasteiger partial charge is 0.328 e. The Labute approximate surface area is 123 Å². The second kappa shape index (κ2) is 7.02. The third kappa shape index (κ3) is 3.48. The van der Waals surface area contributed by atoms with E-state index in [0.29, 0.717) is 12.0 Å². The molecular weight excluding hydrogens is 275 g/mol. The zero-order valence-corrected chi connectivity index (χ0v) is 12.2. The van der Waals surface area contributed by atoms with Crippen molar-refractivity contribution in [2.75, 3.05) is 6.61 Å². The van der Waals surface area contributed by atoms with E-state index in [0.717, 1.165) is 6.07 Å². The van der Waals surface area contributed by atoms with Crippen LogP contribution in [0.15, 0.2) is 36.4 Å². The first-order chi connectivity index (χ1) is 9.88. The third-order valence-electron chi connectivity index (χ3n) is 3.32. The predicted octanol–water partition coefficient (Wildman–Crippen LogP) is 3.07. The van der Waals surface area contributed by atoms with E-state index in [4.69, 9.17) is 4.74 Å². The second-order valence-corrected chi connectivity index (χ2v) is 4.72. The number of allylic oxidation sites excluding steroid dienone is 1. The molecule has 0 heterocycles. The summed E-state index contributed by atoms with van der Waals surface area (Å²) >= 11 is 0. The number of benzene rings is 1. The number of rotatable bonds is 7. The predicted molar refractivity (Wildman–Crippen MR) is 76.4 cm³/mol. The van der Waals surface area contributed by atoms with Crippen LogP contribution in [0.3, 0.4) is 0 Å². The van der Waals surface area contributed by atoms with Crippen molar-refractivity contribution in [1.29, 1.82) is 0 Å². The number of carbonyl (C=O) groups excluding carboxylic acids is 1. The van der Waals surface area contributed by atoms with E-state index >= 15 is 0 Å². The van der Waals surface area contributed by atoms with Gasteiger partial charge in [0.05, 0.1) is 6.61 Å². The van der Waals surface area contributed by atoms with Gasteiger partial charge < -0.3 is 9.84 Å². The molecule has 1 aromatic rings. The number of carboxylic acids is 1. The van der Waals surface area contributed by atoms with Gasteiger partial charge in [-0.25, -0.2) is 4.39 Å². The molecule has 0 aliphatic heterocycles. The van der Waals surface area contributed by atoms with Crippen molar-refractivity contribution in [3.63, 3.8) is 0 Å². The number of esters is 1. The molecule has 0 aliphatic carbocycles. The van der Waals surface area contributed by atoms with Crippen LogP contribution in [-0.2, 0) is 19.7 Å². The van der Waals surface area contributed by atoms with Crippen molar-refractivity contribution < 1.29 is 23.8 Å². The highest BCUT2D eigenvalue weighted by atomic mass is 19.1. The lowest BCUT2D eigenvalue weighted by Crippen LogP contribution is -2.45. The Kier molecular flexibility index (Phi) is 5.64. The van der Waals surface area contributed by atoms with Crippen LogP contribution in [-0.4, -0.2) is 23.7 Å². The van der Waals surface area contributed by atoms with E-state index in [1.54, 1.807) is 6.92 Å². The van der Waals surface area contributed by atoms with Crippen molar-refractivity contribution in [2.45, 2.75) is 32.1 Å². The maximum absolute atomic E-state index is 13.5. The highest BCUT2D eigenvalue weighted by molar-refractivity contribution is 6.05. The molecule has 1 unspecified atom stereocenters. The highest BCUT2D eigenvalue weighted by Crippen LogP contribution is 2.34. The summed E-state index contributed by atoms with van der Waals surface area (Å²) in [7, 11) is 0. The Morgan fingerprint density at radius 3 is 2.52 bits per heavy atom. The molecule has 1 rings (SSSR count). The first kappa shape index (κ1) is 16.9. The molecule has 21 heavy (non-hydrogen) atoms. The Bertz CT molecular complexity index is 553. The standard InChI is InChI=1S/C16H19FO4/c1-4-11(3)10-16(14(18)19,15(20)21-5-2)12-7-6-8-13(17)9-12/h6-9H,3-5,10H2,1-2H3,(H,18,19). The van der Waals surface area contributed by atoms with Crippen LogP contribution in [0.5, 0.6) is 0 Å². The Balaban J connectivity index is 3.47. The maximum atomic E-state index is 13.5. The van der Waals surface area contributed by atoms with Gasteiger partial charge >= 0.3 is 11.9 Å². The number of ether oxygens (including phenoxy) is 1. The summed E-state index contributed by atoms with van der Waals surface area (Å²) in [5.74, 6) is -2.89. The molecule has 0 saturated carbocycles. The van der Waals surface area contributed by atoms with Gasteiger partial charge in [0, 0.05) is 0 Å². The molecule has 1 atom stereocenters. The topological polar surface area (TPSA) is 63.6 Å². The number of hydrogen-bond acceptors (Lipinski definition) is 3. The summed E-state index contributed by atoms with van der Waals surface area (Å²) in [5.41, 5.74) is -1.33. The SMILES string of the molecule is C=C(CC)CC(C(=O)O)(C(=O)OCC)c1cccc(F)c1. The molecule has 0 radical (unpaired) electrons. The van der Waals surface area contributed by atoms with Gasteiger partial charge in [0.25, 0.3) is 0 Å². The number of aliphatic carboxylic acids is 1. The Morgan fingerprint density at radius 1 is 1.38 bits per heavy atom. The summed E-state index contributed by atoms with van der Waals surface area (Å²) < 4.78 is 18.4. The molecule has 0 aliphatic rings. The molecule has 4 nitrogen and oxygen atoms in total. The van der Waals surface area contributed by atoms with E-state index in [9.17, 15) is 19.1 Å². The van der Waals surface area contributed by atoms with Crippen LogP contribution in [0, 0.1) is 5.82 Å². The molecule has 0 spiro atoms. The monoisotopic (exact) mass is 294 g/mol. The lowest BCUT2D eigenvalue weighted by atomic mass is 9.75. The van der Waals surface area contributed by atoms with Gasteiger partial charge in [-0.05, 0) is 37.5 Å². The fourth-order valence-corrected chi connectivity index (χ4v) is 2.09. The van der Waals surface area contributed by atoms with Gasteiger partial charge in [0.15, 0.2) is 5.41 Å². The Morgan fingerprint density at radius 2 is 2.05 bits per heavy atom. The van der Waals surface area contributed by atoms with E-state index in [1.807, 2.05) is 6.92 Å². The van der Waals surface area contributed by atoms with Crippen molar-refractivity contribution in [1.82, 2.24) is 0 Å². The van der Waals surface area contributed by atoms with Gasteiger partial charge in [-0.3, -0.25) is 9.59 Å². The first-order valence-corrected chi connectivity index (χ1v) is 6.71.